The third-order valence-corrected chi connectivity index (χ3v) is 4.77. The number of morpholine rings is 1. The summed E-state index contributed by atoms with van der Waals surface area (Å²) < 4.78 is 7.05. The average Bonchev–Trinajstić information content (AvgIpc) is 3.21. The third kappa shape index (κ3) is 4.70. The van der Waals surface area contributed by atoms with Gasteiger partial charge in [0.05, 0.1) is 31.6 Å². The van der Waals surface area contributed by atoms with E-state index in [-0.39, 0.29) is 11.8 Å². The Labute approximate surface area is 168 Å². The topological polar surface area (TPSA) is 76.5 Å². The van der Waals surface area contributed by atoms with E-state index in [0.29, 0.717) is 49.7 Å². The number of carbonyl (C=O) groups excluding carboxylic acids is 2. The Kier molecular flexibility index (Phi) is 5.67. The first-order chi connectivity index (χ1) is 14.2. The average molecular weight is 390 g/mol. The second-order valence-corrected chi connectivity index (χ2v) is 6.85. The van der Waals surface area contributed by atoms with Crippen LogP contribution in [0.2, 0.25) is 0 Å². The number of benzene rings is 2. The quantitative estimate of drug-likeness (QED) is 0.727. The largest absolute Gasteiger partial charge is 0.378 e. The molecule has 0 unspecified atom stereocenters. The fourth-order valence-corrected chi connectivity index (χ4v) is 3.20. The van der Waals surface area contributed by atoms with Crippen molar-refractivity contribution in [1.82, 2.24) is 14.7 Å². The molecule has 0 saturated carbocycles. The number of hydrogen-bond donors (Lipinski definition) is 1. The molecule has 29 heavy (non-hydrogen) atoms. The van der Waals surface area contributed by atoms with Gasteiger partial charge in [-0.15, -0.1) is 0 Å². The van der Waals surface area contributed by atoms with E-state index >= 15 is 0 Å². The van der Waals surface area contributed by atoms with Gasteiger partial charge in [0.1, 0.15) is 0 Å². The normalized spacial score (nSPS) is 13.9. The molecule has 0 aliphatic carbocycles. The highest BCUT2D eigenvalue weighted by molar-refractivity contribution is 6.05. The molecule has 1 aliphatic heterocycles. The highest BCUT2D eigenvalue weighted by Gasteiger charge is 2.18. The first kappa shape index (κ1) is 18.9. The van der Waals surface area contributed by atoms with Crippen LogP contribution in [0.25, 0.3) is 0 Å². The number of nitrogens with zero attached hydrogens (tertiary/aromatic N) is 3. The second kappa shape index (κ2) is 8.70. The maximum absolute atomic E-state index is 12.5. The van der Waals surface area contributed by atoms with E-state index in [0.717, 1.165) is 5.56 Å². The van der Waals surface area contributed by atoms with E-state index in [1.165, 1.54) is 0 Å². The summed E-state index contributed by atoms with van der Waals surface area (Å²) in [5, 5.41) is 7.13. The molecule has 0 atom stereocenters. The Morgan fingerprint density at radius 1 is 0.966 bits per heavy atom. The number of anilines is 1. The summed E-state index contributed by atoms with van der Waals surface area (Å²) >= 11 is 0. The molecule has 2 aromatic carbocycles. The fraction of sp³-hybridized carbons (Fsp3) is 0.227. The van der Waals surface area contributed by atoms with Crippen molar-refractivity contribution in [2.45, 2.75) is 6.54 Å². The van der Waals surface area contributed by atoms with Crippen LogP contribution in [0, 0.1) is 0 Å². The van der Waals surface area contributed by atoms with Crippen LogP contribution >= 0.6 is 0 Å². The van der Waals surface area contributed by atoms with Crippen molar-refractivity contribution in [3.8, 4) is 0 Å². The zero-order valence-electron chi connectivity index (χ0n) is 16.0. The van der Waals surface area contributed by atoms with Gasteiger partial charge in [0.2, 0.25) is 0 Å². The molecule has 3 aromatic rings. The van der Waals surface area contributed by atoms with Crippen molar-refractivity contribution in [2.24, 2.45) is 0 Å². The third-order valence-electron chi connectivity index (χ3n) is 4.77. The van der Waals surface area contributed by atoms with Crippen LogP contribution in [0.3, 0.4) is 0 Å². The number of nitrogens with one attached hydrogen (secondary N) is 1. The lowest BCUT2D eigenvalue weighted by Crippen LogP contribution is -2.40. The highest BCUT2D eigenvalue weighted by atomic mass is 16.5. The molecule has 1 fully saturated rings. The van der Waals surface area contributed by atoms with Crippen molar-refractivity contribution in [2.75, 3.05) is 31.6 Å². The lowest BCUT2D eigenvalue weighted by atomic mass is 10.1. The van der Waals surface area contributed by atoms with Gasteiger partial charge in [-0.3, -0.25) is 14.3 Å². The maximum Gasteiger partial charge on any atom is 0.255 e. The number of aromatic nitrogens is 2. The van der Waals surface area contributed by atoms with Gasteiger partial charge >= 0.3 is 0 Å². The van der Waals surface area contributed by atoms with E-state index in [2.05, 4.69) is 10.4 Å². The number of ether oxygens (including phenoxy) is 1. The SMILES string of the molecule is O=C(Nc1cnn(Cc2ccccc2)c1)c1ccc(C(=O)N2CCOCC2)cc1. The lowest BCUT2D eigenvalue weighted by Gasteiger charge is -2.26. The number of rotatable bonds is 5. The molecule has 0 bridgehead atoms. The number of carbonyl (C=O) groups is 2. The van der Waals surface area contributed by atoms with Gasteiger partial charge in [-0.05, 0) is 29.8 Å². The van der Waals surface area contributed by atoms with Gasteiger partial charge < -0.3 is 15.0 Å². The van der Waals surface area contributed by atoms with Gasteiger partial charge in [0.25, 0.3) is 11.8 Å². The van der Waals surface area contributed by atoms with E-state index in [4.69, 9.17) is 4.74 Å². The van der Waals surface area contributed by atoms with E-state index < -0.39 is 0 Å². The number of amides is 2. The standard InChI is InChI=1S/C22H22N4O3/c27-21(24-20-14-23-26(16-20)15-17-4-2-1-3-5-17)18-6-8-19(9-7-18)22(28)25-10-12-29-13-11-25/h1-9,14,16H,10-13,15H2,(H,24,27). The van der Waals surface area contributed by atoms with Gasteiger partial charge in [-0.1, -0.05) is 30.3 Å². The Morgan fingerprint density at radius 2 is 1.66 bits per heavy atom. The van der Waals surface area contributed by atoms with Crippen LogP contribution in [0.4, 0.5) is 5.69 Å². The predicted molar refractivity (Wildman–Crippen MR) is 109 cm³/mol. The van der Waals surface area contributed by atoms with Gasteiger partial charge in [-0.25, -0.2) is 0 Å². The molecule has 7 nitrogen and oxygen atoms in total. The van der Waals surface area contributed by atoms with Gasteiger partial charge in [0.15, 0.2) is 0 Å². The summed E-state index contributed by atoms with van der Waals surface area (Å²) in [7, 11) is 0. The molecule has 2 heterocycles. The molecule has 4 rings (SSSR count). The minimum Gasteiger partial charge on any atom is -0.378 e. The Balaban J connectivity index is 1.37. The van der Waals surface area contributed by atoms with Crippen molar-refractivity contribution in [3.63, 3.8) is 0 Å². The fourth-order valence-electron chi connectivity index (χ4n) is 3.20. The van der Waals surface area contributed by atoms with Crippen LogP contribution < -0.4 is 5.32 Å². The zero-order chi connectivity index (χ0) is 20.1. The van der Waals surface area contributed by atoms with Crippen LogP contribution in [0.5, 0.6) is 0 Å². The van der Waals surface area contributed by atoms with E-state index in [1.807, 2.05) is 30.3 Å². The van der Waals surface area contributed by atoms with Crippen LogP contribution in [-0.4, -0.2) is 52.8 Å². The van der Waals surface area contributed by atoms with Crippen LogP contribution in [-0.2, 0) is 11.3 Å². The second-order valence-electron chi connectivity index (χ2n) is 6.85. The van der Waals surface area contributed by atoms with Crippen molar-refractivity contribution < 1.29 is 14.3 Å². The highest BCUT2D eigenvalue weighted by Crippen LogP contribution is 2.13. The molecular weight excluding hydrogens is 368 g/mol. The summed E-state index contributed by atoms with van der Waals surface area (Å²) in [6, 6.07) is 16.7. The smallest absolute Gasteiger partial charge is 0.255 e. The molecule has 1 saturated heterocycles. The van der Waals surface area contributed by atoms with Crippen molar-refractivity contribution in [1.29, 1.82) is 0 Å². The minimum atomic E-state index is -0.241. The molecule has 1 N–H and O–H groups in total. The van der Waals surface area contributed by atoms with E-state index in [1.54, 1.807) is 46.2 Å². The summed E-state index contributed by atoms with van der Waals surface area (Å²) in [6.07, 6.45) is 3.42. The maximum atomic E-state index is 12.5. The summed E-state index contributed by atoms with van der Waals surface area (Å²) in [6.45, 7) is 2.94. The molecule has 2 amide bonds. The molecule has 1 aliphatic rings. The predicted octanol–water partition coefficient (Wildman–Crippen LogP) is 2.66. The van der Waals surface area contributed by atoms with Gasteiger partial charge in [0, 0.05) is 30.4 Å². The van der Waals surface area contributed by atoms with E-state index in [9.17, 15) is 9.59 Å². The molecule has 7 heteroatoms. The lowest BCUT2D eigenvalue weighted by molar-refractivity contribution is 0.0303. The van der Waals surface area contributed by atoms with Crippen LogP contribution in [0.1, 0.15) is 26.3 Å². The monoisotopic (exact) mass is 390 g/mol. The minimum absolute atomic E-state index is 0.0394. The summed E-state index contributed by atoms with van der Waals surface area (Å²) in [5.74, 6) is -0.280. The number of hydrogen-bond acceptors (Lipinski definition) is 4. The van der Waals surface area contributed by atoms with Crippen molar-refractivity contribution in [3.05, 3.63) is 83.7 Å². The first-order valence-corrected chi connectivity index (χ1v) is 9.54. The van der Waals surface area contributed by atoms with Crippen molar-refractivity contribution >= 4 is 17.5 Å². The Hall–Kier alpha value is -3.45. The molecular formula is C22H22N4O3. The molecule has 0 radical (unpaired) electrons. The summed E-state index contributed by atoms with van der Waals surface area (Å²) in [5.41, 5.74) is 2.81. The van der Waals surface area contributed by atoms with Gasteiger partial charge in [-0.2, -0.15) is 5.10 Å². The first-order valence-electron chi connectivity index (χ1n) is 9.54. The Bertz CT molecular complexity index is 977. The van der Waals surface area contributed by atoms with Crippen LogP contribution in [0.15, 0.2) is 67.0 Å². The zero-order valence-corrected chi connectivity index (χ0v) is 16.0. The molecule has 1 aromatic heterocycles. The molecule has 0 spiro atoms. The Morgan fingerprint density at radius 3 is 2.38 bits per heavy atom. The summed E-state index contributed by atoms with van der Waals surface area (Å²) in [4.78, 5) is 26.8. The molecule has 148 valence electrons.